The van der Waals surface area contributed by atoms with Crippen LogP contribution in [0.3, 0.4) is 0 Å². The minimum atomic E-state index is -1.08. The van der Waals surface area contributed by atoms with Gasteiger partial charge in [-0.05, 0) is 30.5 Å². The number of carbonyl (C=O) groups is 2. The van der Waals surface area contributed by atoms with Crippen molar-refractivity contribution in [1.29, 1.82) is 5.41 Å². The van der Waals surface area contributed by atoms with Crippen molar-refractivity contribution in [2.75, 3.05) is 32.1 Å². The molecule has 0 aliphatic carbocycles. The highest BCUT2D eigenvalue weighted by Gasteiger charge is 2.19. The highest BCUT2D eigenvalue weighted by molar-refractivity contribution is 5.84. The number of carboxylic acids is 1. The third-order valence-corrected chi connectivity index (χ3v) is 3.69. The number of nitrogens with one attached hydrogen (secondary N) is 4. The van der Waals surface area contributed by atoms with Crippen molar-refractivity contribution in [1.82, 2.24) is 16.0 Å². The summed E-state index contributed by atoms with van der Waals surface area (Å²) >= 11 is 0. The molecule has 7 N–H and O–H groups in total. The Morgan fingerprint density at radius 2 is 1.92 bits per heavy atom. The van der Waals surface area contributed by atoms with Gasteiger partial charge < -0.3 is 31.7 Å². The minimum absolute atomic E-state index is 0.0326. The van der Waals surface area contributed by atoms with Crippen molar-refractivity contribution in [2.45, 2.75) is 25.4 Å². The zero-order valence-corrected chi connectivity index (χ0v) is 15.2. The number of rotatable bonds is 11. The molecule has 1 aromatic rings. The molecule has 9 heteroatoms. The van der Waals surface area contributed by atoms with Gasteiger partial charge >= 0.3 is 5.97 Å². The molecule has 0 unspecified atom stereocenters. The van der Waals surface area contributed by atoms with E-state index in [9.17, 15) is 14.7 Å². The molecule has 26 heavy (non-hydrogen) atoms. The van der Waals surface area contributed by atoms with Crippen LogP contribution in [0.15, 0.2) is 24.3 Å². The van der Waals surface area contributed by atoms with Crippen LogP contribution in [0.4, 0.5) is 5.69 Å². The molecule has 1 amide bonds. The first kappa shape index (κ1) is 21.2. The monoisotopic (exact) mass is 364 g/mol. The standard InChI is InChI=1S/C17H28N6O3/c1-23(2)13-7-5-12(6-8-13)10-20-11-15(24)22-14(16(25)26)4-3-9-21-17(18)19/h5-8,14,20H,3-4,9-11H2,1-2H3,(H,22,24)(H,25,26)(H4,18,19,21)/t14-/m0/s1. The molecule has 0 saturated heterocycles. The van der Waals surface area contributed by atoms with Gasteiger partial charge in [-0.15, -0.1) is 0 Å². The summed E-state index contributed by atoms with van der Waals surface area (Å²) in [7, 11) is 3.93. The SMILES string of the molecule is CN(C)c1ccc(CNCC(=O)N[C@@H](CCCNC(=N)N)C(=O)O)cc1. The molecule has 0 bridgehead atoms. The van der Waals surface area contributed by atoms with Gasteiger partial charge in [-0.1, -0.05) is 12.1 Å². The van der Waals surface area contributed by atoms with Crippen LogP contribution in [0.5, 0.6) is 0 Å². The number of carbonyl (C=O) groups excluding carboxylic acids is 1. The number of hydrogen-bond acceptors (Lipinski definition) is 5. The van der Waals surface area contributed by atoms with Gasteiger partial charge in [-0.3, -0.25) is 10.2 Å². The Labute approximate surface area is 153 Å². The highest BCUT2D eigenvalue weighted by Crippen LogP contribution is 2.11. The summed E-state index contributed by atoms with van der Waals surface area (Å²) in [6.45, 7) is 0.933. The molecule has 0 spiro atoms. The maximum Gasteiger partial charge on any atom is 0.326 e. The topological polar surface area (TPSA) is 144 Å². The van der Waals surface area contributed by atoms with Crippen LogP contribution >= 0.6 is 0 Å². The van der Waals surface area contributed by atoms with Gasteiger partial charge in [0.15, 0.2) is 5.96 Å². The third-order valence-electron chi connectivity index (χ3n) is 3.69. The number of hydrogen-bond donors (Lipinski definition) is 6. The lowest BCUT2D eigenvalue weighted by atomic mass is 10.1. The van der Waals surface area contributed by atoms with E-state index in [0.29, 0.717) is 19.5 Å². The fourth-order valence-corrected chi connectivity index (χ4v) is 2.26. The third kappa shape index (κ3) is 8.34. The van der Waals surface area contributed by atoms with E-state index in [2.05, 4.69) is 16.0 Å². The van der Waals surface area contributed by atoms with Crippen molar-refractivity contribution in [3.8, 4) is 0 Å². The maximum absolute atomic E-state index is 11.9. The first-order valence-electron chi connectivity index (χ1n) is 8.36. The molecule has 1 atom stereocenters. The molecule has 0 radical (unpaired) electrons. The highest BCUT2D eigenvalue weighted by atomic mass is 16.4. The summed E-state index contributed by atoms with van der Waals surface area (Å²) in [6, 6.07) is 6.97. The van der Waals surface area contributed by atoms with Crippen LogP contribution in [0.2, 0.25) is 0 Å². The van der Waals surface area contributed by atoms with Gasteiger partial charge in [0.05, 0.1) is 6.54 Å². The number of amides is 1. The lowest BCUT2D eigenvalue weighted by Crippen LogP contribution is -2.45. The molecule has 0 heterocycles. The van der Waals surface area contributed by atoms with Crippen LogP contribution in [0.1, 0.15) is 18.4 Å². The van der Waals surface area contributed by atoms with E-state index in [1.54, 1.807) is 0 Å². The van der Waals surface area contributed by atoms with Gasteiger partial charge in [0, 0.05) is 32.9 Å². The zero-order chi connectivity index (χ0) is 19.5. The molecular weight excluding hydrogens is 336 g/mol. The number of guanidine groups is 1. The van der Waals surface area contributed by atoms with Gasteiger partial charge in [0.2, 0.25) is 5.91 Å². The van der Waals surface area contributed by atoms with Crippen LogP contribution in [0.25, 0.3) is 0 Å². The lowest BCUT2D eigenvalue weighted by Gasteiger charge is -2.15. The van der Waals surface area contributed by atoms with Crippen molar-refractivity contribution in [3.63, 3.8) is 0 Å². The molecule has 0 aliphatic rings. The van der Waals surface area contributed by atoms with E-state index < -0.39 is 12.0 Å². The molecule has 0 aliphatic heterocycles. The number of benzene rings is 1. The van der Waals surface area contributed by atoms with Crippen LogP contribution < -0.4 is 26.6 Å². The molecule has 144 valence electrons. The minimum Gasteiger partial charge on any atom is -0.480 e. The molecule has 0 fully saturated rings. The number of carboxylic acid groups (broad SMARTS) is 1. The smallest absolute Gasteiger partial charge is 0.326 e. The quantitative estimate of drug-likeness (QED) is 0.179. The van der Waals surface area contributed by atoms with Crippen LogP contribution in [-0.4, -0.2) is 56.2 Å². The van der Waals surface area contributed by atoms with Gasteiger partial charge in [0.25, 0.3) is 0 Å². The lowest BCUT2D eigenvalue weighted by molar-refractivity contribution is -0.141. The van der Waals surface area contributed by atoms with Crippen LogP contribution in [0, 0.1) is 5.41 Å². The number of nitrogens with zero attached hydrogens (tertiary/aromatic N) is 1. The molecular formula is C17H28N6O3. The first-order chi connectivity index (χ1) is 12.3. The Morgan fingerprint density at radius 1 is 1.27 bits per heavy atom. The average molecular weight is 364 g/mol. The van der Waals surface area contributed by atoms with Gasteiger partial charge in [-0.2, -0.15) is 0 Å². The van der Waals surface area contributed by atoms with Crippen molar-refractivity contribution >= 4 is 23.5 Å². The molecule has 1 aromatic carbocycles. The Morgan fingerprint density at radius 3 is 2.46 bits per heavy atom. The van der Waals surface area contributed by atoms with E-state index in [0.717, 1.165) is 11.3 Å². The summed E-state index contributed by atoms with van der Waals surface area (Å²) in [5.41, 5.74) is 7.28. The summed E-state index contributed by atoms with van der Waals surface area (Å²) in [5.74, 6) is -1.62. The second-order valence-corrected chi connectivity index (χ2v) is 6.11. The largest absolute Gasteiger partial charge is 0.480 e. The fourth-order valence-electron chi connectivity index (χ4n) is 2.26. The summed E-state index contributed by atoms with van der Waals surface area (Å²) in [4.78, 5) is 25.1. The second kappa shape index (κ2) is 10.9. The normalized spacial score (nSPS) is 11.5. The predicted molar refractivity (Wildman–Crippen MR) is 101 cm³/mol. The van der Waals surface area contributed by atoms with E-state index >= 15 is 0 Å². The number of aliphatic carboxylic acids is 1. The summed E-state index contributed by atoms with van der Waals surface area (Å²) in [6.07, 6.45) is 0.732. The van der Waals surface area contributed by atoms with Gasteiger partial charge in [0.1, 0.15) is 6.04 Å². The maximum atomic E-state index is 11.9. The Balaban J connectivity index is 2.33. The van der Waals surface area contributed by atoms with Gasteiger partial charge in [-0.25, -0.2) is 4.79 Å². The average Bonchev–Trinajstić information content (AvgIpc) is 2.57. The Kier molecular flexibility index (Phi) is 8.93. The summed E-state index contributed by atoms with van der Waals surface area (Å²) < 4.78 is 0. The number of anilines is 1. The second-order valence-electron chi connectivity index (χ2n) is 6.11. The molecule has 1 rings (SSSR count). The van der Waals surface area contributed by atoms with E-state index in [1.807, 2.05) is 43.3 Å². The van der Waals surface area contributed by atoms with Crippen LogP contribution in [-0.2, 0) is 16.1 Å². The number of nitrogens with two attached hydrogens (primary N) is 1. The Hall–Kier alpha value is -2.81. The van der Waals surface area contributed by atoms with Crippen molar-refractivity contribution in [2.24, 2.45) is 5.73 Å². The molecule has 9 nitrogen and oxygen atoms in total. The van der Waals surface area contributed by atoms with E-state index in [1.165, 1.54) is 0 Å². The Bertz CT molecular complexity index is 603. The van der Waals surface area contributed by atoms with E-state index in [-0.39, 0.29) is 24.8 Å². The predicted octanol–water partition coefficient (Wildman–Crippen LogP) is -0.325. The van der Waals surface area contributed by atoms with Crippen molar-refractivity contribution in [3.05, 3.63) is 29.8 Å². The summed E-state index contributed by atoms with van der Waals surface area (Å²) in [5, 5.41) is 24.3. The molecule has 0 saturated carbocycles. The molecule has 0 aromatic heterocycles. The fraction of sp³-hybridized carbons (Fsp3) is 0.471. The first-order valence-corrected chi connectivity index (χ1v) is 8.36. The van der Waals surface area contributed by atoms with E-state index in [4.69, 9.17) is 11.1 Å². The van der Waals surface area contributed by atoms with Crippen molar-refractivity contribution < 1.29 is 14.7 Å². The zero-order valence-electron chi connectivity index (χ0n) is 15.2.